The summed E-state index contributed by atoms with van der Waals surface area (Å²) in [6.45, 7) is 10.3. The molecule has 1 saturated carbocycles. The van der Waals surface area contributed by atoms with Crippen molar-refractivity contribution in [1.82, 2.24) is 0 Å². The molecule has 2 fully saturated rings. The number of ether oxygens (including phenoxy) is 2. The minimum absolute atomic E-state index is 0.0305. The van der Waals surface area contributed by atoms with Crippen LogP contribution < -0.4 is 0 Å². The van der Waals surface area contributed by atoms with E-state index in [-0.39, 0.29) is 23.2 Å². The van der Waals surface area contributed by atoms with Gasteiger partial charge in [-0.15, -0.1) is 6.42 Å². The SMILES string of the molecule is C#C/C=C(/C=C/[C@@]12O[C@]1(C)CCCC2(C)C)C(=O)OCC=C. The molecule has 0 aromatic carbocycles. The number of carbonyl (C=O) groups excluding carboxylic acids is 1. The van der Waals surface area contributed by atoms with Crippen LogP contribution in [0, 0.1) is 17.8 Å². The van der Waals surface area contributed by atoms with E-state index in [0.29, 0.717) is 5.57 Å². The van der Waals surface area contributed by atoms with Gasteiger partial charge < -0.3 is 9.47 Å². The molecule has 0 aromatic heterocycles. The first kappa shape index (κ1) is 16.6. The van der Waals surface area contributed by atoms with Gasteiger partial charge in [-0.25, -0.2) is 4.79 Å². The van der Waals surface area contributed by atoms with Gasteiger partial charge in [-0.3, -0.25) is 0 Å². The second-order valence-electron chi connectivity index (χ2n) is 6.79. The summed E-state index contributed by atoms with van der Waals surface area (Å²) in [5.74, 6) is 1.95. The molecule has 3 nitrogen and oxygen atoms in total. The lowest BCUT2D eigenvalue weighted by atomic mass is 9.64. The van der Waals surface area contributed by atoms with Gasteiger partial charge in [0, 0.05) is 11.5 Å². The Kier molecular flexibility index (Phi) is 4.35. The van der Waals surface area contributed by atoms with Crippen molar-refractivity contribution in [3.63, 3.8) is 0 Å². The molecule has 2 aliphatic rings. The number of fused-ring (bicyclic) bond motifs is 1. The van der Waals surface area contributed by atoms with Crippen molar-refractivity contribution in [3.05, 3.63) is 36.5 Å². The summed E-state index contributed by atoms with van der Waals surface area (Å²) >= 11 is 0. The fourth-order valence-electron chi connectivity index (χ4n) is 3.60. The normalized spacial score (nSPS) is 32.9. The van der Waals surface area contributed by atoms with Gasteiger partial charge in [-0.1, -0.05) is 32.4 Å². The summed E-state index contributed by atoms with van der Waals surface area (Å²) < 4.78 is 11.2. The predicted octanol–water partition coefficient (Wildman–Crippen LogP) is 3.57. The molecule has 0 N–H and O–H groups in total. The van der Waals surface area contributed by atoms with E-state index in [1.54, 1.807) is 6.08 Å². The molecule has 0 spiro atoms. The molecule has 0 radical (unpaired) electrons. The number of allylic oxidation sites excluding steroid dienone is 1. The molecule has 1 aliphatic heterocycles. The third kappa shape index (κ3) is 2.64. The van der Waals surface area contributed by atoms with Crippen molar-refractivity contribution >= 4 is 5.97 Å². The van der Waals surface area contributed by atoms with E-state index >= 15 is 0 Å². The molecular weight excluding hydrogens is 276 g/mol. The molecule has 0 amide bonds. The first-order valence-corrected chi connectivity index (χ1v) is 7.66. The number of terminal acetylenes is 1. The van der Waals surface area contributed by atoms with E-state index in [2.05, 4.69) is 33.3 Å². The fourth-order valence-corrected chi connectivity index (χ4v) is 3.60. The monoisotopic (exact) mass is 300 g/mol. The van der Waals surface area contributed by atoms with Crippen LogP contribution in [0.25, 0.3) is 0 Å². The number of hydrogen-bond acceptors (Lipinski definition) is 3. The Morgan fingerprint density at radius 3 is 2.73 bits per heavy atom. The topological polar surface area (TPSA) is 38.8 Å². The van der Waals surface area contributed by atoms with Gasteiger partial charge in [-0.2, -0.15) is 0 Å². The highest BCUT2D eigenvalue weighted by atomic mass is 16.6. The first-order chi connectivity index (χ1) is 10.3. The highest BCUT2D eigenvalue weighted by molar-refractivity contribution is 5.92. The quantitative estimate of drug-likeness (QED) is 0.195. The minimum Gasteiger partial charge on any atom is -0.458 e. The van der Waals surface area contributed by atoms with Gasteiger partial charge in [0.15, 0.2) is 0 Å². The molecule has 2 rings (SSSR count). The van der Waals surface area contributed by atoms with Crippen LogP contribution in [-0.2, 0) is 14.3 Å². The Hall–Kier alpha value is -1.79. The smallest absolute Gasteiger partial charge is 0.339 e. The Bertz CT molecular complexity index is 576. The predicted molar refractivity (Wildman–Crippen MR) is 87.1 cm³/mol. The standard InChI is InChI=1S/C19H24O3/c1-6-9-15(16(20)21-14-7-2)10-13-19-17(3,4)11-8-12-18(19,5)22-19/h1,7,9-10,13H,2,8,11-12,14H2,3-5H3/b13-10+,15-9-/t18-,19+/m1/s1. The van der Waals surface area contributed by atoms with Crippen molar-refractivity contribution < 1.29 is 14.3 Å². The molecule has 0 unspecified atom stereocenters. The molecule has 1 aliphatic carbocycles. The van der Waals surface area contributed by atoms with E-state index in [1.165, 1.54) is 12.2 Å². The number of carbonyl (C=O) groups is 1. The Labute approximate surface area is 133 Å². The molecule has 1 saturated heterocycles. The maximum absolute atomic E-state index is 12.0. The Balaban J connectivity index is 2.22. The van der Waals surface area contributed by atoms with Gasteiger partial charge in [0.1, 0.15) is 12.2 Å². The number of esters is 1. The summed E-state index contributed by atoms with van der Waals surface area (Å²) in [6.07, 6.45) is 15.3. The summed E-state index contributed by atoms with van der Waals surface area (Å²) in [5.41, 5.74) is -0.0803. The first-order valence-electron chi connectivity index (χ1n) is 7.66. The van der Waals surface area contributed by atoms with Crippen LogP contribution in [0.15, 0.2) is 36.5 Å². The van der Waals surface area contributed by atoms with Gasteiger partial charge >= 0.3 is 5.97 Å². The third-order valence-electron chi connectivity index (χ3n) is 4.90. The van der Waals surface area contributed by atoms with Crippen molar-refractivity contribution in [2.24, 2.45) is 5.41 Å². The summed E-state index contributed by atoms with van der Waals surface area (Å²) in [5, 5.41) is 0. The number of rotatable bonds is 5. The Morgan fingerprint density at radius 1 is 1.41 bits per heavy atom. The van der Waals surface area contributed by atoms with Gasteiger partial charge in [0.2, 0.25) is 0 Å². The molecule has 1 heterocycles. The van der Waals surface area contributed by atoms with Crippen molar-refractivity contribution in [1.29, 1.82) is 0 Å². The second kappa shape index (κ2) is 5.78. The van der Waals surface area contributed by atoms with Crippen molar-refractivity contribution in [2.75, 3.05) is 6.61 Å². The third-order valence-corrected chi connectivity index (χ3v) is 4.90. The lowest BCUT2D eigenvalue weighted by Gasteiger charge is -2.36. The zero-order valence-electron chi connectivity index (χ0n) is 13.6. The van der Waals surface area contributed by atoms with Crippen LogP contribution in [0.2, 0.25) is 0 Å². The van der Waals surface area contributed by atoms with Gasteiger partial charge in [0.25, 0.3) is 0 Å². The fraction of sp³-hybridized carbons (Fsp3) is 0.526. The summed E-state index contributed by atoms with van der Waals surface area (Å²) in [7, 11) is 0. The molecule has 22 heavy (non-hydrogen) atoms. The van der Waals surface area contributed by atoms with Gasteiger partial charge in [-0.05, 0) is 38.3 Å². The molecule has 3 heteroatoms. The molecule has 118 valence electrons. The largest absolute Gasteiger partial charge is 0.458 e. The molecule has 2 atom stereocenters. The van der Waals surface area contributed by atoms with E-state index in [0.717, 1.165) is 19.3 Å². The molecule has 0 aromatic rings. The highest BCUT2D eigenvalue weighted by Crippen LogP contribution is 2.66. The molecular formula is C19H24O3. The average Bonchev–Trinajstić information content (AvgIpc) is 3.08. The van der Waals surface area contributed by atoms with Crippen molar-refractivity contribution in [3.8, 4) is 12.3 Å². The van der Waals surface area contributed by atoms with Crippen LogP contribution in [0.4, 0.5) is 0 Å². The average molecular weight is 300 g/mol. The van der Waals surface area contributed by atoms with Crippen LogP contribution in [0.3, 0.4) is 0 Å². The second-order valence-corrected chi connectivity index (χ2v) is 6.79. The lowest BCUT2D eigenvalue weighted by molar-refractivity contribution is -0.137. The maximum atomic E-state index is 12.0. The lowest BCUT2D eigenvalue weighted by Crippen LogP contribution is -2.41. The van der Waals surface area contributed by atoms with Crippen LogP contribution in [-0.4, -0.2) is 23.8 Å². The van der Waals surface area contributed by atoms with Crippen molar-refractivity contribution in [2.45, 2.75) is 51.2 Å². The van der Waals surface area contributed by atoms with E-state index < -0.39 is 5.97 Å². The summed E-state index contributed by atoms with van der Waals surface area (Å²) in [4.78, 5) is 12.0. The zero-order chi connectivity index (χ0) is 16.4. The minimum atomic E-state index is -0.443. The van der Waals surface area contributed by atoms with Crippen LogP contribution in [0.1, 0.15) is 40.0 Å². The van der Waals surface area contributed by atoms with E-state index in [4.69, 9.17) is 15.9 Å². The number of epoxide rings is 1. The maximum Gasteiger partial charge on any atom is 0.339 e. The zero-order valence-corrected chi connectivity index (χ0v) is 13.6. The van der Waals surface area contributed by atoms with Crippen LogP contribution >= 0.6 is 0 Å². The van der Waals surface area contributed by atoms with Crippen LogP contribution in [0.5, 0.6) is 0 Å². The number of hydrogen-bond donors (Lipinski definition) is 0. The molecule has 0 bridgehead atoms. The highest BCUT2D eigenvalue weighted by Gasteiger charge is 2.73. The summed E-state index contributed by atoms with van der Waals surface area (Å²) in [6, 6.07) is 0. The van der Waals surface area contributed by atoms with E-state index in [1.807, 2.05) is 6.08 Å². The van der Waals surface area contributed by atoms with Gasteiger partial charge in [0.05, 0.1) is 11.2 Å². The van der Waals surface area contributed by atoms with E-state index in [9.17, 15) is 4.79 Å². The Morgan fingerprint density at radius 2 is 2.14 bits per heavy atom.